The van der Waals surface area contributed by atoms with E-state index in [1.807, 2.05) is 12.4 Å². The zero-order valence-electron chi connectivity index (χ0n) is 21.8. The standard InChI is InChI=1S/C38H24N2/c1-2-11-27-23-28(18-17-25(27)9-1)36-31-13-5-7-15-33(31)37(34-16-8-6-14-32(34)36)35-20-19-29(24-40-35)38-30-12-4-3-10-26(30)21-22-39-38/h1-24H. The van der Waals surface area contributed by atoms with Crippen LogP contribution in [-0.2, 0) is 0 Å². The van der Waals surface area contributed by atoms with E-state index in [-0.39, 0.29) is 0 Å². The maximum absolute atomic E-state index is 5.04. The third kappa shape index (κ3) is 3.58. The van der Waals surface area contributed by atoms with Gasteiger partial charge in [-0.25, -0.2) is 0 Å². The lowest BCUT2D eigenvalue weighted by atomic mass is 9.86. The number of nitrogens with zero attached hydrogens (tertiary/aromatic N) is 2. The predicted molar refractivity (Wildman–Crippen MR) is 168 cm³/mol. The number of rotatable bonds is 3. The molecule has 6 aromatic carbocycles. The van der Waals surface area contributed by atoms with Crippen molar-refractivity contribution >= 4 is 43.1 Å². The predicted octanol–water partition coefficient (Wildman–Crippen LogP) is 10.1. The Balaban J connectivity index is 1.36. The highest BCUT2D eigenvalue weighted by atomic mass is 14.7. The summed E-state index contributed by atoms with van der Waals surface area (Å²) in [7, 11) is 0. The van der Waals surface area contributed by atoms with Gasteiger partial charge in [0.1, 0.15) is 0 Å². The first kappa shape index (κ1) is 22.6. The van der Waals surface area contributed by atoms with Gasteiger partial charge in [0.05, 0.1) is 11.4 Å². The van der Waals surface area contributed by atoms with Crippen molar-refractivity contribution in [3.63, 3.8) is 0 Å². The van der Waals surface area contributed by atoms with Gasteiger partial charge in [0.15, 0.2) is 0 Å². The average Bonchev–Trinajstić information content (AvgIpc) is 3.03. The molecule has 2 aromatic heterocycles. The molecule has 8 aromatic rings. The van der Waals surface area contributed by atoms with Crippen LogP contribution in [0.25, 0.3) is 76.7 Å². The van der Waals surface area contributed by atoms with Gasteiger partial charge in [-0.05, 0) is 73.1 Å². The van der Waals surface area contributed by atoms with Crippen molar-refractivity contribution < 1.29 is 0 Å². The number of benzene rings is 6. The Morgan fingerprint density at radius 3 is 1.62 bits per heavy atom. The third-order valence-electron chi connectivity index (χ3n) is 7.94. The second kappa shape index (κ2) is 9.14. The van der Waals surface area contributed by atoms with Crippen molar-refractivity contribution in [2.45, 2.75) is 0 Å². The van der Waals surface area contributed by atoms with Gasteiger partial charge in [0.2, 0.25) is 0 Å². The van der Waals surface area contributed by atoms with E-state index in [0.717, 1.165) is 27.9 Å². The first-order valence-corrected chi connectivity index (χ1v) is 13.6. The fourth-order valence-corrected chi connectivity index (χ4v) is 6.09. The van der Waals surface area contributed by atoms with Crippen LogP contribution in [0, 0.1) is 0 Å². The zero-order valence-corrected chi connectivity index (χ0v) is 21.8. The molecule has 0 saturated carbocycles. The molecule has 0 atom stereocenters. The third-order valence-corrected chi connectivity index (χ3v) is 7.94. The van der Waals surface area contributed by atoms with E-state index in [1.165, 1.54) is 48.8 Å². The Hall–Kier alpha value is -5.34. The quantitative estimate of drug-likeness (QED) is 0.222. The van der Waals surface area contributed by atoms with Crippen LogP contribution in [0.2, 0.25) is 0 Å². The maximum Gasteiger partial charge on any atom is 0.0795 e. The van der Waals surface area contributed by atoms with E-state index < -0.39 is 0 Å². The minimum absolute atomic E-state index is 0.957. The van der Waals surface area contributed by atoms with E-state index in [4.69, 9.17) is 9.97 Å². The van der Waals surface area contributed by atoms with Crippen molar-refractivity contribution in [1.82, 2.24) is 9.97 Å². The summed E-state index contributed by atoms with van der Waals surface area (Å²) in [6.07, 6.45) is 3.84. The molecule has 186 valence electrons. The lowest BCUT2D eigenvalue weighted by Gasteiger charge is -2.17. The Morgan fingerprint density at radius 2 is 0.950 bits per heavy atom. The lowest BCUT2D eigenvalue weighted by molar-refractivity contribution is 1.30. The maximum atomic E-state index is 5.04. The van der Waals surface area contributed by atoms with E-state index in [2.05, 4.69) is 133 Å². The summed E-state index contributed by atoms with van der Waals surface area (Å²) in [5.74, 6) is 0. The second-order valence-electron chi connectivity index (χ2n) is 10.2. The molecule has 0 aliphatic carbocycles. The minimum atomic E-state index is 0.957. The van der Waals surface area contributed by atoms with Gasteiger partial charge in [0, 0.05) is 28.9 Å². The van der Waals surface area contributed by atoms with Crippen molar-refractivity contribution in [3.05, 3.63) is 146 Å². The van der Waals surface area contributed by atoms with Crippen molar-refractivity contribution in [1.29, 1.82) is 0 Å². The highest BCUT2D eigenvalue weighted by molar-refractivity contribution is 6.21. The smallest absolute Gasteiger partial charge is 0.0795 e. The molecule has 0 amide bonds. The van der Waals surface area contributed by atoms with Crippen LogP contribution in [0.4, 0.5) is 0 Å². The highest BCUT2D eigenvalue weighted by Gasteiger charge is 2.17. The summed E-state index contributed by atoms with van der Waals surface area (Å²) < 4.78 is 0. The van der Waals surface area contributed by atoms with Gasteiger partial charge in [-0.3, -0.25) is 9.97 Å². The molecule has 0 fully saturated rings. The van der Waals surface area contributed by atoms with Crippen molar-refractivity contribution in [2.24, 2.45) is 0 Å². The molecule has 2 heterocycles. The topological polar surface area (TPSA) is 25.8 Å². The van der Waals surface area contributed by atoms with E-state index in [0.29, 0.717) is 0 Å². The van der Waals surface area contributed by atoms with E-state index in [1.54, 1.807) is 0 Å². The van der Waals surface area contributed by atoms with Gasteiger partial charge in [-0.2, -0.15) is 0 Å². The van der Waals surface area contributed by atoms with Gasteiger partial charge in [-0.15, -0.1) is 0 Å². The molecule has 0 unspecified atom stereocenters. The molecule has 0 radical (unpaired) electrons. The van der Waals surface area contributed by atoms with Crippen LogP contribution in [0.1, 0.15) is 0 Å². The summed E-state index contributed by atoms with van der Waals surface area (Å²) in [5, 5.41) is 9.67. The average molecular weight is 509 g/mol. The number of hydrogen-bond acceptors (Lipinski definition) is 2. The molecule has 0 N–H and O–H groups in total. The first-order valence-electron chi connectivity index (χ1n) is 13.6. The number of pyridine rings is 2. The van der Waals surface area contributed by atoms with Crippen LogP contribution in [-0.4, -0.2) is 9.97 Å². The summed E-state index contributed by atoms with van der Waals surface area (Å²) in [5.41, 5.74) is 6.58. The zero-order chi connectivity index (χ0) is 26.5. The molecule has 0 saturated heterocycles. The number of hydrogen-bond donors (Lipinski definition) is 0. The molecule has 0 spiro atoms. The van der Waals surface area contributed by atoms with Crippen LogP contribution in [0.15, 0.2) is 146 Å². The van der Waals surface area contributed by atoms with Gasteiger partial charge < -0.3 is 0 Å². The van der Waals surface area contributed by atoms with Crippen molar-refractivity contribution in [3.8, 4) is 33.6 Å². The molecule has 8 rings (SSSR count). The summed E-state index contributed by atoms with van der Waals surface area (Å²) in [6.45, 7) is 0. The Morgan fingerprint density at radius 1 is 0.375 bits per heavy atom. The highest BCUT2D eigenvalue weighted by Crippen LogP contribution is 2.43. The first-order chi connectivity index (χ1) is 19.8. The molecule has 0 aliphatic heterocycles. The normalized spacial score (nSPS) is 11.5. The van der Waals surface area contributed by atoms with Crippen LogP contribution < -0.4 is 0 Å². The fraction of sp³-hybridized carbons (Fsp3) is 0. The lowest BCUT2D eigenvalue weighted by Crippen LogP contribution is -1.93. The Kier molecular flexibility index (Phi) is 5.17. The van der Waals surface area contributed by atoms with Crippen LogP contribution in [0.3, 0.4) is 0 Å². The summed E-state index contributed by atoms with van der Waals surface area (Å²) in [6, 6.07) is 47.5. The Bertz CT molecular complexity index is 2150. The van der Waals surface area contributed by atoms with E-state index >= 15 is 0 Å². The molecule has 2 nitrogen and oxygen atoms in total. The molecule has 0 aliphatic rings. The SMILES string of the molecule is c1ccc2cc(-c3c4ccccc4c(-c4ccc(-c5nccc6ccccc56)cn4)c4ccccc34)ccc2c1. The number of fused-ring (bicyclic) bond motifs is 4. The molecular formula is C38H24N2. The Labute approximate surface area is 232 Å². The summed E-state index contributed by atoms with van der Waals surface area (Å²) >= 11 is 0. The van der Waals surface area contributed by atoms with Gasteiger partial charge >= 0.3 is 0 Å². The van der Waals surface area contributed by atoms with Gasteiger partial charge in [-0.1, -0.05) is 109 Å². The molecule has 0 bridgehead atoms. The largest absolute Gasteiger partial charge is 0.256 e. The molecular weight excluding hydrogens is 484 g/mol. The van der Waals surface area contributed by atoms with E-state index in [9.17, 15) is 0 Å². The fourth-order valence-electron chi connectivity index (χ4n) is 6.09. The van der Waals surface area contributed by atoms with Crippen LogP contribution in [0.5, 0.6) is 0 Å². The monoisotopic (exact) mass is 508 g/mol. The molecule has 40 heavy (non-hydrogen) atoms. The summed E-state index contributed by atoms with van der Waals surface area (Å²) in [4.78, 5) is 9.74. The number of aromatic nitrogens is 2. The minimum Gasteiger partial charge on any atom is -0.256 e. The van der Waals surface area contributed by atoms with Crippen molar-refractivity contribution in [2.75, 3.05) is 0 Å². The second-order valence-corrected chi connectivity index (χ2v) is 10.2. The van der Waals surface area contributed by atoms with Crippen LogP contribution >= 0.6 is 0 Å². The van der Waals surface area contributed by atoms with Gasteiger partial charge in [0.25, 0.3) is 0 Å². The molecule has 2 heteroatoms.